The number of aliphatic hydroxyl groups is 1. The molecule has 0 saturated carbocycles. The minimum Gasteiger partial charge on any atom is -0.462 e. The Hall–Kier alpha value is -2.46. The SMILES string of the molecule is CCCCCC/C=C\C=C/CCCCCCCC(=O)OC[C@H](COP(=O)(O)OC[C@@H](O)COP(=O)(O)OC[C@@H](COC(=O)CCCCCCCCCCC(C)CC)OC(=O)CCCCCCCCCCCCC(C)C)OC(=O)CCCCCCCCCCCCCCCCCCC. The van der Waals surface area contributed by atoms with Crippen LogP contribution < -0.4 is 0 Å². The van der Waals surface area contributed by atoms with Gasteiger partial charge in [0.25, 0.3) is 0 Å². The van der Waals surface area contributed by atoms with Gasteiger partial charge in [-0.05, 0) is 63.2 Å². The van der Waals surface area contributed by atoms with Crippen LogP contribution in [0.15, 0.2) is 24.3 Å². The fraction of sp³-hybridized carbons (Fsp3) is 0.897. The molecule has 6 atom stereocenters. The lowest BCUT2D eigenvalue weighted by Gasteiger charge is -2.21. The number of ether oxygens (including phenoxy) is 4. The molecule has 0 aromatic heterocycles. The summed E-state index contributed by atoms with van der Waals surface area (Å²) in [6, 6.07) is 0. The molecular weight excluding hydrogens is 1270 g/mol. The molecular formula is C78H148O17P2. The van der Waals surface area contributed by atoms with Gasteiger partial charge in [0, 0.05) is 25.7 Å². The summed E-state index contributed by atoms with van der Waals surface area (Å²) in [4.78, 5) is 72.9. The second-order valence-electron chi connectivity index (χ2n) is 28.1. The van der Waals surface area contributed by atoms with Gasteiger partial charge in [-0.3, -0.25) is 37.3 Å². The molecule has 17 nitrogen and oxygen atoms in total. The molecule has 0 aliphatic heterocycles. The number of carbonyl (C=O) groups is 4. The average Bonchev–Trinajstić information content (AvgIpc) is 1.08. The van der Waals surface area contributed by atoms with E-state index >= 15 is 0 Å². The number of hydrogen-bond acceptors (Lipinski definition) is 15. The van der Waals surface area contributed by atoms with Crippen LogP contribution in [0.5, 0.6) is 0 Å². The predicted molar refractivity (Wildman–Crippen MR) is 395 cm³/mol. The highest BCUT2D eigenvalue weighted by atomic mass is 31.2. The second kappa shape index (κ2) is 69.3. The number of unbranched alkanes of at least 4 members (excludes halogenated alkanes) is 41. The van der Waals surface area contributed by atoms with Crippen LogP contribution in [-0.4, -0.2) is 96.7 Å². The maximum Gasteiger partial charge on any atom is 0.472 e. The first-order valence-corrected chi connectivity index (χ1v) is 42.8. The summed E-state index contributed by atoms with van der Waals surface area (Å²) < 4.78 is 68.6. The quantitative estimate of drug-likeness (QED) is 0.0169. The summed E-state index contributed by atoms with van der Waals surface area (Å²) in [6.45, 7) is 9.54. The molecule has 572 valence electrons. The van der Waals surface area contributed by atoms with Gasteiger partial charge in [-0.1, -0.05) is 329 Å². The number of phosphoric ester groups is 2. The first-order valence-electron chi connectivity index (χ1n) is 39.8. The van der Waals surface area contributed by atoms with Crippen LogP contribution in [0, 0.1) is 11.8 Å². The summed E-state index contributed by atoms with van der Waals surface area (Å²) in [6.07, 6.45) is 60.3. The predicted octanol–water partition coefficient (Wildman–Crippen LogP) is 22.7. The minimum atomic E-state index is -4.97. The molecule has 0 bridgehead atoms. The molecule has 0 amide bonds. The number of carbonyl (C=O) groups excluding carboxylic acids is 4. The maximum atomic E-state index is 13.1. The van der Waals surface area contributed by atoms with Crippen molar-refractivity contribution in [1.82, 2.24) is 0 Å². The van der Waals surface area contributed by atoms with Crippen molar-refractivity contribution >= 4 is 39.5 Å². The van der Waals surface area contributed by atoms with Crippen molar-refractivity contribution in [3.05, 3.63) is 24.3 Å². The van der Waals surface area contributed by atoms with E-state index in [0.717, 1.165) is 121 Å². The van der Waals surface area contributed by atoms with Crippen molar-refractivity contribution in [3.63, 3.8) is 0 Å². The standard InChI is InChI=1S/C78H148O17P2/c1-7-10-12-14-16-18-20-22-24-25-27-29-31-36-44-50-56-62-77(82)94-73(66-88-75(80)60-54-48-42-35-30-28-26-23-21-19-17-15-13-11-8-2)68-92-96(84,85)90-64-72(79)65-91-97(86,87)93-69-74(67-89-76(81)61-55-49-43-39-38-41-47-53-59-71(6)9-3)95-78(83)63-57-51-45-37-33-32-34-40-46-52-58-70(4)5/h19,21,23,26,70-74,79H,7-18,20,22,24-25,27-69H2,1-6H3,(H,84,85)(H,86,87)/b21-19-,26-23-/t71?,72-,73-,74-/m1/s1. The normalized spacial score (nSPS) is 14.4. The summed E-state index contributed by atoms with van der Waals surface area (Å²) in [5.41, 5.74) is 0. The van der Waals surface area contributed by atoms with E-state index in [0.29, 0.717) is 25.7 Å². The van der Waals surface area contributed by atoms with Gasteiger partial charge >= 0.3 is 39.5 Å². The molecule has 19 heteroatoms. The lowest BCUT2D eigenvalue weighted by Crippen LogP contribution is -2.30. The lowest BCUT2D eigenvalue weighted by atomic mass is 9.99. The van der Waals surface area contributed by atoms with Crippen LogP contribution >= 0.6 is 15.6 Å². The molecule has 97 heavy (non-hydrogen) atoms. The van der Waals surface area contributed by atoms with Gasteiger partial charge in [-0.15, -0.1) is 0 Å². The molecule has 0 aromatic rings. The monoisotopic (exact) mass is 1420 g/mol. The fourth-order valence-corrected chi connectivity index (χ4v) is 13.0. The Morgan fingerprint density at radius 2 is 0.608 bits per heavy atom. The fourth-order valence-electron chi connectivity index (χ4n) is 11.4. The molecule has 0 radical (unpaired) electrons. The van der Waals surface area contributed by atoms with Gasteiger partial charge < -0.3 is 33.8 Å². The Kier molecular flexibility index (Phi) is 67.5. The highest BCUT2D eigenvalue weighted by molar-refractivity contribution is 7.47. The zero-order valence-corrected chi connectivity index (χ0v) is 64.7. The van der Waals surface area contributed by atoms with E-state index in [1.54, 1.807) is 0 Å². The van der Waals surface area contributed by atoms with E-state index < -0.39 is 97.5 Å². The van der Waals surface area contributed by atoms with Crippen LogP contribution in [-0.2, 0) is 65.4 Å². The van der Waals surface area contributed by atoms with E-state index in [1.807, 2.05) is 0 Å². The number of phosphoric acid groups is 2. The van der Waals surface area contributed by atoms with Gasteiger partial charge in [-0.25, -0.2) is 9.13 Å². The largest absolute Gasteiger partial charge is 0.472 e. The molecule has 0 aliphatic rings. The van der Waals surface area contributed by atoms with E-state index in [4.69, 9.17) is 37.0 Å². The van der Waals surface area contributed by atoms with Crippen molar-refractivity contribution in [1.29, 1.82) is 0 Å². The third-order valence-electron chi connectivity index (χ3n) is 17.9. The highest BCUT2D eigenvalue weighted by Gasteiger charge is 2.30. The van der Waals surface area contributed by atoms with E-state index in [2.05, 4.69) is 65.8 Å². The van der Waals surface area contributed by atoms with Crippen molar-refractivity contribution in [2.45, 2.75) is 400 Å². The summed E-state index contributed by atoms with van der Waals surface area (Å²) in [5, 5.41) is 10.6. The highest BCUT2D eigenvalue weighted by Crippen LogP contribution is 2.45. The van der Waals surface area contributed by atoms with Gasteiger partial charge in [-0.2, -0.15) is 0 Å². The van der Waals surface area contributed by atoms with Gasteiger partial charge in [0.15, 0.2) is 12.2 Å². The average molecular weight is 1420 g/mol. The first kappa shape index (κ1) is 94.5. The number of hydrogen-bond donors (Lipinski definition) is 3. The van der Waals surface area contributed by atoms with E-state index in [1.165, 1.54) is 180 Å². The van der Waals surface area contributed by atoms with Crippen LogP contribution in [0.25, 0.3) is 0 Å². The zero-order valence-electron chi connectivity index (χ0n) is 62.9. The minimum absolute atomic E-state index is 0.101. The summed E-state index contributed by atoms with van der Waals surface area (Å²) >= 11 is 0. The van der Waals surface area contributed by atoms with Crippen LogP contribution in [0.2, 0.25) is 0 Å². The Morgan fingerprint density at radius 3 is 0.928 bits per heavy atom. The van der Waals surface area contributed by atoms with Crippen molar-refractivity contribution in [3.8, 4) is 0 Å². The third kappa shape index (κ3) is 70.4. The molecule has 0 aromatic carbocycles. The van der Waals surface area contributed by atoms with E-state index in [-0.39, 0.29) is 25.7 Å². The van der Waals surface area contributed by atoms with Crippen LogP contribution in [0.3, 0.4) is 0 Å². The smallest absolute Gasteiger partial charge is 0.462 e. The number of esters is 4. The summed E-state index contributed by atoms with van der Waals surface area (Å²) in [7, 11) is -9.93. The second-order valence-corrected chi connectivity index (χ2v) is 31.0. The third-order valence-corrected chi connectivity index (χ3v) is 19.8. The van der Waals surface area contributed by atoms with Gasteiger partial charge in [0.2, 0.25) is 0 Å². The first-order chi connectivity index (χ1) is 46.9. The van der Waals surface area contributed by atoms with Crippen molar-refractivity contribution in [2.24, 2.45) is 11.8 Å². The Balaban J connectivity index is 5.30. The molecule has 3 unspecified atom stereocenters. The molecule has 0 saturated heterocycles. The Bertz CT molecular complexity index is 1970. The molecule has 0 fully saturated rings. The Labute approximate surface area is 592 Å². The van der Waals surface area contributed by atoms with Crippen molar-refractivity contribution in [2.75, 3.05) is 39.6 Å². The lowest BCUT2D eigenvalue weighted by molar-refractivity contribution is -0.161. The number of rotatable bonds is 75. The van der Waals surface area contributed by atoms with Crippen LogP contribution in [0.1, 0.15) is 382 Å². The summed E-state index contributed by atoms with van der Waals surface area (Å²) in [5.74, 6) is -0.617. The van der Waals surface area contributed by atoms with Crippen LogP contribution in [0.4, 0.5) is 0 Å². The molecule has 0 spiro atoms. The number of aliphatic hydroxyl groups excluding tert-OH is 1. The molecule has 3 N–H and O–H groups in total. The van der Waals surface area contributed by atoms with Gasteiger partial charge in [0.1, 0.15) is 19.3 Å². The topological polar surface area (TPSA) is 237 Å². The molecule has 0 aliphatic carbocycles. The van der Waals surface area contributed by atoms with Gasteiger partial charge in [0.05, 0.1) is 26.4 Å². The maximum absolute atomic E-state index is 13.1. The van der Waals surface area contributed by atoms with E-state index in [9.17, 15) is 43.2 Å². The molecule has 0 heterocycles. The Morgan fingerprint density at radius 1 is 0.340 bits per heavy atom. The van der Waals surface area contributed by atoms with Crippen molar-refractivity contribution < 1.29 is 80.2 Å². The molecule has 0 rings (SSSR count). The number of allylic oxidation sites excluding steroid dienone is 4. The zero-order chi connectivity index (χ0) is 71.4.